The fourth-order valence-corrected chi connectivity index (χ4v) is 2.41. The fourth-order valence-electron chi connectivity index (χ4n) is 2.41. The van der Waals surface area contributed by atoms with Crippen molar-refractivity contribution in [1.82, 2.24) is 14.9 Å². The largest absolute Gasteiger partial charge is 0.369 e. The van der Waals surface area contributed by atoms with Gasteiger partial charge in [0.2, 0.25) is 0 Å². The van der Waals surface area contributed by atoms with Crippen LogP contribution < -0.4 is 5.32 Å². The van der Waals surface area contributed by atoms with E-state index in [2.05, 4.69) is 41.0 Å². The highest BCUT2D eigenvalue weighted by molar-refractivity contribution is 5.78. The van der Waals surface area contributed by atoms with E-state index in [0.717, 1.165) is 25.3 Å². The fraction of sp³-hybridized carbons (Fsp3) is 0.462. The van der Waals surface area contributed by atoms with Gasteiger partial charge in [0, 0.05) is 31.7 Å². The zero-order valence-electron chi connectivity index (χ0n) is 10.2. The van der Waals surface area contributed by atoms with Crippen LogP contribution in [0, 0.1) is 6.92 Å². The quantitative estimate of drug-likeness (QED) is 0.809. The molecule has 1 atom stereocenters. The molecule has 1 fully saturated rings. The number of morpholine rings is 1. The van der Waals surface area contributed by atoms with Crippen molar-refractivity contribution >= 4 is 11.0 Å². The topological polar surface area (TPSA) is 39.1 Å². The summed E-state index contributed by atoms with van der Waals surface area (Å²) in [6, 6.07) is 4.36. The number of ether oxygens (including phenoxy) is 1. The first kappa shape index (κ1) is 10.7. The molecule has 4 heteroatoms. The summed E-state index contributed by atoms with van der Waals surface area (Å²) in [5.41, 5.74) is 3.42. The average molecular weight is 231 g/mol. The monoisotopic (exact) mass is 231 g/mol. The Bertz CT molecular complexity index is 541. The molecular weight excluding hydrogens is 214 g/mol. The molecule has 0 amide bonds. The Balaban J connectivity index is 2.07. The molecule has 0 radical (unpaired) electrons. The molecular formula is C13H17N3O. The third-order valence-electron chi connectivity index (χ3n) is 3.30. The van der Waals surface area contributed by atoms with Gasteiger partial charge in [-0.15, -0.1) is 0 Å². The molecule has 0 saturated carbocycles. The van der Waals surface area contributed by atoms with Gasteiger partial charge in [0.25, 0.3) is 0 Å². The zero-order valence-corrected chi connectivity index (χ0v) is 10.2. The molecule has 0 spiro atoms. The highest BCUT2D eigenvalue weighted by atomic mass is 16.5. The lowest BCUT2D eigenvalue weighted by atomic mass is 10.2. The number of nitrogens with zero attached hydrogens (tertiary/aromatic N) is 2. The molecule has 3 heterocycles. The van der Waals surface area contributed by atoms with Crippen LogP contribution in [0.2, 0.25) is 0 Å². The predicted molar refractivity (Wildman–Crippen MR) is 67.0 cm³/mol. The first-order valence-corrected chi connectivity index (χ1v) is 6.00. The number of aromatic nitrogens is 2. The summed E-state index contributed by atoms with van der Waals surface area (Å²) >= 11 is 0. The van der Waals surface area contributed by atoms with E-state index in [0.29, 0.717) is 0 Å². The number of nitrogens with one attached hydrogen (secondary N) is 1. The lowest BCUT2D eigenvalue weighted by Gasteiger charge is -2.24. The van der Waals surface area contributed by atoms with Crippen molar-refractivity contribution in [2.24, 2.45) is 7.05 Å². The lowest BCUT2D eigenvalue weighted by molar-refractivity contribution is 0.0235. The van der Waals surface area contributed by atoms with Crippen molar-refractivity contribution in [3.05, 3.63) is 29.6 Å². The summed E-state index contributed by atoms with van der Waals surface area (Å²) in [7, 11) is 2.05. The second-order valence-electron chi connectivity index (χ2n) is 4.62. The number of hydrogen-bond acceptors (Lipinski definition) is 3. The Labute approximate surface area is 101 Å². The molecule has 1 aliphatic heterocycles. The highest BCUT2D eigenvalue weighted by Gasteiger charge is 2.20. The van der Waals surface area contributed by atoms with Crippen LogP contribution in [0.25, 0.3) is 11.0 Å². The van der Waals surface area contributed by atoms with E-state index in [1.807, 2.05) is 6.20 Å². The Morgan fingerprint density at radius 1 is 1.47 bits per heavy atom. The predicted octanol–water partition coefficient (Wildman–Crippen LogP) is 1.54. The van der Waals surface area contributed by atoms with Gasteiger partial charge in [-0.05, 0) is 24.6 Å². The SMILES string of the molecule is Cc1cnc2c(c1)cc(C1CNCCO1)n2C. The van der Waals surface area contributed by atoms with Crippen LogP contribution in [0.5, 0.6) is 0 Å². The van der Waals surface area contributed by atoms with Crippen LogP contribution in [0.3, 0.4) is 0 Å². The Morgan fingerprint density at radius 3 is 3.12 bits per heavy atom. The van der Waals surface area contributed by atoms with Crippen LogP contribution in [-0.4, -0.2) is 29.2 Å². The van der Waals surface area contributed by atoms with Crippen molar-refractivity contribution in [3.8, 4) is 0 Å². The minimum absolute atomic E-state index is 0.142. The van der Waals surface area contributed by atoms with Crippen LogP contribution in [0.15, 0.2) is 18.3 Å². The van der Waals surface area contributed by atoms with E-state index in [1.165, 1.54) is 16.6 Å². The molecule has 2 aromatic heterocycles. The second-order valence-corrected chi connectivity index (χ2v) is 4.62. The molecule has 1 unspecified atom stereocenters. The maximum absolute atomic E-state index is 5.79. The van der Waals surface area contributed by atoms with Crippen LogP contribution in [0.1, 0.15) is 17.4 Å². The first-order valence-electron chi connectivity index (χ1n) is 6.00. The molecule has 0 aromatic carbocycles. The molecule has 90 valence electrons. The number of rotatable bonds is 1. The van der Waals surface area contributed by atoms with Crippen molar-refractivity contribution in [2.45, 2.75) is 13.0 Å². The third-order valence-corrected chi connectivity index (χ3v) is 3.30. The minimum atomic E-state index is 0.142. The molecule has 2 aromatic rings. The van der Waals surface area contributed by atoms with Crippen molar-refractivity contribution < 1.29 is 4.74 Å². The van der Waals surface area contributed by atoms with Gasteiger partial charge >= 0.3 is 0 Å². The van der Waals surface area contributed by atoms with Gasteiger partial charge in [0.15, 0.2) is 0 Å². The first-order chi connectivity index (χ1) is 8.25. The van der Waals surface area contributed by atoms with E-state index in [9.17, 15) is 0 Å². The van der Waals surface area contributed by atoms with Crippen LogP contribution >= 0.6 is 0 Å². The van der Waals surface area contributed by atoms with Gasteiger partial charge in [-0.25, -0.2) is 4.98 Å². The Hall–Kier alpha value is -1.39. The normalized spacial score (nSPS) is 20.9. The number of hydrogen-bond donors (Lipinski definition) is 1. The molecule has 1 N–H and O–H groups in total. The molecule has 0 aliphatic carbocycles. The van der Waals surface area contributed by atoms with Gasteiger partial charge in [-0.2, -0.15) is 0 Å². The standard InChI is InChI=1S/C13H17N3O/c1-9-5-10-6-11(12-8-14-3-4-17-12)16(2)13(10)15-7-9/h5-7,12,14H,3-4,8H2,1-2H3. The number of pyridine rings is 1. The van der Waals surface area contributed by atoms with E-state index in [1.54, 1.807) is 0 Å². The van der Waals surface area contributed by atoms with Gasteiger partial charge in [0.1, 0.15) is 11.8 Å². The van der Waals surface area contributed by atoms with Gasteiger partial charge in [0.05, 0.1) is 12.3 Å². The van der Waals surface area contributed by atoms with Crippen LogP contribution in [-0.2, 0) is 11.8 Å². The summed E-state index contributed by atoms with van der Waals surface area (Å²) in [5.74, 6) is 0. The van der Waals surface area contributed by atoms with Gasteiger partial charge in [-0.3, -0.25) is 0 Å². The maximum Gasteiger partial charge on any atom is 0.139 e. The molecule has 4 nitrogen and oxygen atoms in total. The Kier molecular flexibility index (Phi) is 2.61. The highest BCUT2D eigenvalue weighted by Crippen LogP contribution is 2.25. The second kappa shape index (κ2) is 4.13. The zero-order chi connectivity index (χ0) is 11.8. The van der Waals surface area contributed by atoms with E-state index >= 15 is 0 Å². The number of aryl methyl sites for hydroxylation is 2. The lowest BCUT2D eigenvalue weighted by Crippen LogP contribution is -2.34. The van der Waals surface area contributed by atoms with E-state index in [4.69, 9.17) is 4.74 Å². The molecule has 3 rings (SSSR count). The summed E-state index contributed by atoms with van der Waals surface area (Å²) in [4.78, 5) is 4.48. The van der Waals surface area contributed by atoms with E-state index < -0.39 is 0 Å². The smallest absolute Gasteiger partial charge is 0.139 e. The molecule has 1 aliphatic rings. The maximum atomic E-state index is 5.79. The summed E-state index contributed by atoms with van der Waals surface area (Å²) in [5, 5.41) is 4.55. The summed E-state index contributed by atoms with van der Waals surface area (Å²) in [6.07, 6.45) is 2.05. The van der Waals surface area contributed by atoms with Crippen molar-refractivity contribution in [1.29, 1.82) is 0 Å². The summed E-state index contributed by atoms with van der Waals surface area (Å²) in [6.45, 7) is 4.66. The van der Waals surface area contributed by atoms with E-state index in [-0.39, 0.29) is 6.10 Å². The van der Waals surface area contributed by atoms with Crippen molar-refractivity contribution in [3.63, 3.8) is 0 Å². The molecule has 0 bridgehead atoms. The van der Waals surface area contributed by atoms with Gasteiger partial charge < -0.3 is 14.6 Å². The third kappa shape index (κ3) is 1.83. The Morgan fingerprint density at radius 2 is 2.35 bits per heavy atom. The number of fused-ring (bicyclic) bond motifs is 1. The molecule has 17 heavy (non-hydrogen) atoms. The van der Waals surface area contributed by atoms with Gasteiger partial charge in [-0.1, -0.05) is 0 Å². The van der Waals surface area contributed by atoms with Crippen molar-refractivity contribution in [2.75, 3.05) is 19.7 Å². The van der Waals surface area contributed by atoms with Crippen LogP contribution in [0.4, 0.5) is 0 Å². The minimum Gasteiger partial charge on any atom is -0.369 e. The molecule has 1 saturated heterocycles. The summed E-state index contributed by atoms with van der Waals surface area (Å²) < 4.78 is 7.92. The average Bonchev–Trinajstić information content (AvgIpc) is 2.67.